The lowest BCUT2D eigenvalue weighted by Crippen LogP contribution is -2.33. The van der Waals surface area contributed by atoms with E-state index in [0.717, 1.165) is 77.6 Å². The second kappa shape index (κ2) is 8.64. The van der Waals surface area contributed by atoms with Crippen molar-refractivity contribution in [1.29, 1.82) is 0 Å². The van der Waals surface area contributed by atoms with Gasteiger partial charge in [0.05, 0.1) is 5.69 Å². The number of likely N-dealkylation sites (tertiary alicyclic amines) is 1. The number of aromatic nitrogens is 1. The van der Waals surface area contributed by atoms with Crippen LogP contribution < -0.4 is 0 Å². The van der Waals surface area contributed by atoms with Gasteiger partial charge in [-0.1, -0.05) is 46.6 Å². The maximum Gasteiger partial charge on any atom is 0.167 e. The van der Waals surface area contributed by atoms with E-state index in [1.807, 2.05) is 36.4 Å². The second-order valence-electron chi connectivity index (χ2n) is 7.33. The van der Waals surface area contributed by atoms with Gasteiger partial charge in [0.15, 0.2) is 5.58 Å². The number of nitrogens with zero attached hydrogens (tertiary/aromatic N) is 2. The highest BCUT2D eigenvalue weighted by Gasteiger charge is 2.23. The van der Waals surface area contributed by atoms with E-state index >= 15 is 0 Å². The van der Waals surface area contributed by atoms with Crippen molar-refractivity contribution in [3.8, 4) is 0 Å². The Morgan fingerprint density at radius 1 is 0.963 bits per heavy atom. The first-order valence-electron chi connectivity index (χ1n) is 9.72. The molecule has 2 aromatic carbocycles. The molecule has 0 radical (unpaired) electrons. The normalized spacial score (nSPS) is 16.2. The minimum Gasteiger partial charge on any atom is -0.356 e. The predicted molar refractivity (Wildman–Crippen MR) is 112 cm³/mol. The Labute approximate surface area is 170 Å². The fourth-order valence-corrected chi connectivity index (χ4v) is 4.80. The van der Waals surface area contributed by atoms with Crippen LogP contribution in [0.25, 0.3) is 11.0 Å². The highest BCUT2D eigenvalue weighted by molar-refractivity contribution is 6.36. The maximum absolute atomic E-state index is 6.38. The molecule has 3 nitrogen and oxygen atoms in total. The summed E-state index contributed by atoms with van der Waals surface area (Å²) in [7, 11) is 0. The monoisotopic (exact) mass is 402 g/mol. The van der Waals surface area contributed by atoms with E-state index in [-0.39, 0.29) is 0 Å². The standard InChI is InChI=1S/C22H24Cl2N2O/c23-18-7-5-8-19(24)22(18)16-11-14-26(15-12-16)13-4-3-9-20-17-6-1-2-10-21(17)27-25-20/h1-2,5-8,10,16H,3-4,9,11-15H2. The zero-order valence-electron chi connectivity index (χ0n) is 15.3. The molecule has 1 saturated heterocycles. The van der Waals surface area contributed by atoms with Gasteiger partial charge in [0.25, 0.3) is 0 Å². The van der Waals surface area contributed by atoms with Gasteiger partial charge >= 0.3 is 0 Å². The van der Waals surface area contributed by atoms with Gasteiger partial charge in [-0.15, -0.1) is 0 Å². The number of hydrogen-bond donors (Lipinski definition) is 0. The smallest absolute Gasteiger partial charge is 0.167 e. The topological polar surface area (TPSA) is 29.3 Å². The summed E-state index contributed by atoms with van der Waals surface area (Å²) in [6.07, 6.45) is 5.53. The van der Waals surface area contributed by atoms with E-state index < -0.39 is 0 Å². The van der Waals surface area contributed by atoms with E-state index in [9.17, 15) is 0 Å². The average molecular weight is 403 g/mol. The van der Waals surface area contributed by atoms with E-state index in [1.54, 1.807) is 0 Å². The van der Waals surface area contributed by atoms with Gasteiger partial charge in [-0.3, -0.25) is 0 Å². The number of fused-ring (bicyclic) bond motifs is 1. The van der Waals surface area contributed by atoms with Gasteiger partial charge in [-0.25, -0.2) is 0 Å². The first-order chi connectivity index (χ1) is 13.2. The third-order valence-electron chi connectivity index (χ3n) is 5.59. The van der Waals surface area contributed by atoms with Crippen LogP contribution in [-0.4, -0.2) is 29.7 Å². The molecule has 0 unspecified atom stereocenters. The lowest BCUT2D eigenvalue weighted by Gasteiger charge is -2.32. The van der Waals surface area contributed by atoms with E-state index in [1.165, 1.54) is 6.42 Å². The predicted octanol–water partition coefficient (Wildman–Crippen LogP) is 6.34. The molecule has 0 amide bonds. The molecule has 142 valence electrons. The molecule has 0 spiro atoms. The molecule has 0 aliphatic carbocycles. The molecule has 1 fully saturated rings. The van der Waals surface area contributed by atoms with Gasteiger partial charge in [-0.05, 0) is 87.5 Å². The van der Waals surface area contributed by atoms with Gasteiger partial charge in [0.2, 0.25) is 0 Å². The summed E-state index contributed by atoms with van der Waals surface area (Å²) in [4.78, 5) is 2.56. The van der Waals surface area contributed by atoms with Gasteiger partial charge in [-0.2, -0.15) is 0 Å². The van der Waals surface area contributed by atoms with Crippen LogP contribution in [0.1, 0.15) is 42.9 Å². The van der Waals surface area contributed by atoms with Crippen molar-refractivity contribution in [2.75, 3.05) is 19.6 Å². The zero-order chi connectivity index (χ0) is 18.6. The Morgan fingerprint density at radius 2 is 1.70 bits per heavy atom. The molecule has 2 heterocycles. The molecule has 1 aliphatic heterocycles. The number of halogens is 2. The molecular weight excluding hydrogens is 379 g/mol. The van der Waals surface area contributed by atoms with Crippen molar-refractivity contribution in [1.82, 2.24) is 10.1 Å². The summed E-state index contributed by atoms with van der Waals surface area (Å²) in [5.41, 5.74) is 3.10. The van der Waals surface area contributed by atoms with Crippen molar-refractivity contribution in [2.24, 2.45) is 0 Å². The Balaban J connectivity index is 1.23. The summed E-state index contributed by atoms with van der Waals surface area (Å²) in [6, 6.07) is 13.9. The third-order valence-corrected chi connectivity index (χ3v) is 6.24. The van der Waals surface area contributed by atoms with Crippen LogP contribution in [0.3, 0.4) is 0 Å². The number of rotatable bonds is 6. The second-order valence-corrected chi connectivity index (χ2v) is 8.15. The Morgan fingerprint density at radius 3 is 2.48 bits per heavy atom. The van der Waals surface area contributed by atoms with E-state index in [0.29, 0.717) is 5.92 Å². The summed E-state index contributed by atoms with van der Waals surface area (Å²) in [5, 5.41) is 6.99. The Bertz CT molecular complexity index is 880. The van der Waals surface area contributed by atoms with E-state index in [2.05, 4.69) is 16.1 Å². The van der Waals surface area contributed by atoms with Crippen molar-refractivity contribution < 1.29 is 4.52 Å². The van der Waals surface area contributed by atoms with Crippen LogP contribution in [0.4, 0.5) is 0 Å². The summed E-state index contributed by atoms with van der Waals surface area (Å²) >= 11 is 12.8. The van der Waals surface area contributed by atoms with Crippen LogP contribution >= 0.6 is 23.2 Å². The SMILES string of the molecule is Clc1cccc(Cl)c1C1CCN(CCCCc2noc3ccccc23)CC1. The number of hydrogen-bond acceptors (Lipinski definition) is 3. The minimum absolute atomic E-state index is 0.476. The molecule has 27 heavy (non-hydrogen) atoms. The number of benzene rings is 2. The van der Waals surface area contributed by atoms with Crippen molar-refractivity contribution in [2.45, 2.75) is 38.0 Å². The molecule has 1 aromatic heterocycles. The molecule has 3 aromatic rings. The van der Waals surface area contributed by atoms with Crippen LogP contribution in [0.5, 0.6) is 0 Å². The highest BCUT2D eigenvalue weighted by Crippen LogP contribution is 2.37. The van der Waals surface area contributed by atoms with Crippen molar-refractivity contribution in [3.63, 3.8) is 0 Å². The molecule has 0 bridgehead atoms. The van der Waals surface area contributed by atoms with Crippen LogP contribution in [-0.2, 0) is 6.42 Å². The first-order valence-corrected chi connectivity index (χ1v) is 10.5. The largest absolute Gasteiger partial charge is 0.356 e. The number of unbranched alkanes of at least 4 members (excludes halogenated alkanes) is 1. The number of aryl methyl sites for hydroxylation is 1. The minimum atomic E-state index is 0.476. The van der Waals surface area contributed by atoms with Gasteiger partial charge in [0, 0.05) is 15.4 Å². The van der Waals surface area contributed by atoms with Crippen LogP contribution in [0.15, 0.2) is 47.0 Å². The zero-order valence-corrected chi connectivity index (χ0v) is 16.8. The molecule has 0 atom stereocenters. The molecule has 0 N–H and O–H groups in total. The Kier molecular flexibility index (Phi) is 6.01. The summed E-state index contributed by atoms with van der Waals surface area (Å²) in [5.74, 6) is 0.476. The fourth-order valence-electron chi connectivity index (χ4n) is 4.09. The fraction of sp³-hybridized carbons (Fsp3) is 0.409. The molecule has 0 saturated carbocycles. The van der Waals surface area contributed by atoms with Crippen LogP contribution in [0.2, 0.25) is 10.0 Å². The summed E-state index contributed by atoms with van der Waals surface area (Å²) < 4.78 is 5.39. The van der Waals surface area contributed by atoms with Gasteiger partial charge in [0.1, 0.15) is 0 Å². The molecule has 4 rings (SSSR count). The Hall–Kier alpha value is -1.55. The lowest BCUT2D eigenvalue weighted by molar-refractivity contribution is 0.209. The number of piperidine rings is 1. The molecular formula is C22H24Cl2N2O. The van der Waals surface area contributed by atoms with Gasteiger partial charge < -0.3 is 9.42 Å². The van der Waals surface area contributed by atoms with Crippen molar-refractivity contribution >= 4 is 34.2 Å². The maximum atomic E-state index is 6.38. The first kappa shape index (κ1) is 18.8. The molecule has 1 aliphatic rings. The van der Waals surface area contributed by atoms with Crippen LogP contribution in [0, 0.1) is 0 Å². The molecule has 5 heteroatoms. The van der Waals surface area contributed by atoms with Crippen molar-refractivity contribution in [3.05, 3.63) is 63.8 Å². The summed E-state index contributed by atoms with van der Waals surface area (Å²) in [6.45, 7) is 3.36. The highest BCUT2D eigenvalue weighted by atomic mass is 35.5. The third kappa shape index (κ3) is 4.31. The quantitative estimate of drug-likeness (QED) is 0.450. The average Bonchev–Trinajstić information content (AvgIpc) is 3.09. The van der Waals surface area contributed by atoms with E-state index in [4.69, 9.17) is 27.7 Å². The lowest BCUT2D eigenvalue weighted by atomic mass is 9.89. The number of para-hydroxylation sites is 1.